The lowest BCUT2D eigenvalue weighted by Gasteiger charge is -2.35. The summed E-state index contributed by atoms with van der Waals surface area (Å²) in [5.41, 5.74) is 0.790. The van der Waals surface area contributed by atoms with Gasteiger partial charge in [-0.2, -0.15) is 4.31 Å². The number of carbonyl (C=O) groups is 1. The van der Waals surface area contributed by atoms with Crippen molar-refractivity contribution in [3.05, 3.63) is 89.0 Å². The van der Waals surface area contributed by atoms with Crippen LogP contribution in [0, 0.1) is 11.6 Å². The molecule has 1 aliphatic heterocycles. The first-order valence-electron chi connectivity index (χ1n) is 10.1. The van der Waals surface area contributed by atoms with Crippen molar-refractivity contribution in [3.63, 3.8) is 0 Å². The van der Waals surface area contributed by atoms with Crippen molar-refractivity contribution in [3.8, 4) is 0 Å². The molecular weight excluding hydrogens is 472 g/mol. The van der Waals surface area contributed by atoms with Gasteiger partial charge in [0.2, 0.25) is 10.0 Å². The Balaban J connectivity index is 1.47. The van der Waals surface area contributed by atoms with Crippen LogP contribution in [0.4, 0.5) is 20.2 Å². The lowest BCUT2D eigenvalue weighted by molar-refractivity contribution is 0.102. The van der Waals surface area contributed by atoms with E-state index in [1.54, 1.807) is 12.1 Å². The largest absolute Gasteiger partial charge is 0.369 e. The Kier molecular flexibility index (Phi) is 6.64. The monoisotopic (exact) mass is 491 g/mol. The fourth-order valence-corrected chi connectivity index (χ4v) is 5.22. The van der Waals surface area contributed by atoms with Crippen LogP contribution in [0.15, 0.2) is 71.6 Å². The first-order chi connectivity index (χ1) is 15.8. The Morgan fingerprint density at radius 3 is 2.27 bits per heavy atom. The van der Waals surface area contributed by atoms with E-state index >= 15 is 0 Å². The van der Waals surface area contributed by atoms with Crippen LogP contribution in [0.2, 0.25) is 5.02 Å². The molecule has 0 atom stereocenters. The summed E-state index contributed by atoms with van der Waals surface area (Å²) in [7, 11) is -3.85. The summed E-state index contributed by atoms with van der Waals surface area (Å²) >= 11 is 5.74. The molecule has 0 spiro atoms. The molecule has 0 bridgehead atoms. The van der Waals surface area contributed by atoms with E-state index in [0.717, 1.165) is 5.69 Å². The van der Waals surface area contributed by atoms with E-state index in [4.69, 9.17) is 11.6 Å². The first-order valence-corrected chi connectivity index (χ1v) is 11.9. The van der Waals surface area contributed by atoms with Crippen molar-refractivity contribution in [1.82, 2.24) is 4.31 Å². The number of rotatable bonds is 5. The summed E-state index contributed by atoms with van der Waals surface area (Å²) in [6.07, 6.45) is 0. The Morgan fingerprint density at radius 2 is 1.58 bits per heavy atom. The van der Waals surface area contributed by atoms with Crippen LogP contribution in [0.5, 0.6) is 0 Å². The van der Waals surface area contributed by atoms with Crippen molar-refractivity contribution < 1.29 is 22.0 Å². The lowest BCUT2D eigenvalue weighted by Crippen LogP contribution is -2.48. The van der Waals surface area contributed by atoms with Crippen LogP contribution in [-0.4, -0.2) is 44.8 Å². The summed E-state index contributed by atoms with van der Waals surface area (Å²) < 4.78 is 54.9. The molecule has 1 heterocycles. The minimum absolute atomic E-state index is 0.0306. The van der Waals surface area contributed by atoms with Crippen LogP contribution in [0.1, 0.15) is 10.4 Å². The number of hydrogen-bond acceptors (Lipinski definition) is 4. The second-order valence-corrected chi connectivity index (χ2v) is 9.80. The fourth-order valence-electron chi connectivity index (χ4n) is 3.58. The minimum atomic E-state index is -3.85. The van der Waals surface area contributed by atoms with E-state index in [2.05, 4.69) is 5.32 Å². The maximum atomic E-state index is 14.1. The van der Waals surface area contributed by atoms with Crippen LogP contribution in [0.3, 0.4) is 0 Å². The molecule has 4 rings (SSSR count). The first kappa shape index (κ1) is 23.2. The van der Waals surface area contributed by atoms with Crippen molar-refractivity contribution in [2.24, 2.45) is 0 Å². The van der Waals surface area contributed by atoms with Gasteiger partial charge in [-0.15, -0.1) is 0 Å². The van der Waals surface area contributed by atoms with Gasteiger partial charge >= 0.3 is 0 Å². The number of hydrogen-bond donors (Lipinski definition) is 1. The molecule has 33 heavy (non-hydrogen) atoms. The van der Waals surface area contributed by atoms with Gasteiger partial charge in [0.25, 0.3) is 5.91 Å². The number of carbonyl (C=O) groups excluding carboxylic acids is 1. The second-order valence-electron chi connectivity index (χ2n) is 7.45. The molecule has 1 N–H and O–H groups in total. The molecule has 1 fully saturated rings. The molecule has 172 valence electrons. The summed E-state index contributed by atoms with van der Waals surface area (Å²) in [4.78, 5) is 14.5. The Morgan fingerprint density at radius 1 is 0.909 bits per heavy atom. The average Bonchev–Trinajstić information content (AvgIpc) is 2.82. The maximum absolute atomic E-state index is 14.1. The summed E-state index contributed by atoms with van der Waals surface area (Å²) in [5.74, 6) is -1.76. The van der Waals surface area contributed by atoms with E-state index in [-0.39, 0.29) is 40.1 Å². The highest BCUT2D eigenvalue weighted by Crippen LogP contribution is 2.24. The highest BCUT2D eigenvalue weighted by atomic mass is 35.5. The summed E-state index contributed by atoms with van der Waals surface area (Å²) in [5, 5.41) is 2.28. The fraction of sp³-hybridized carbons (Fsp3) is 0.174. The molecule has 1 saturated heterocycles. The van der Waals surface area contributed by atoms with Crippen molar-refractivity contribution in [2.45, 2.75) is 4.90 Å². The van der Waals surface area contributed by atoms with Gasteiger partial charge in [-0.05, 0) is 54.6 Å². The molecule has 6 nitrogen and oxygen atoms in total. The third-order valence-corrected chi connectivity index (χ3v) is 7.55. The molecule has 0 aliphatic carbocycles. The molecule has 3 aromatic carbocycles. The molecule has 1 amide bonds. The predicted octanol–water partition coefficient (Wildman–Crippen LogP) is 4.38. The molecule has 0 radical (unpaired) electrons. The van der Waals surface area contributed by atoms with E-state index in [1.165, 1.54) is 58.9 Å². The van der Waals surface area contributed by atoms with Gasteiger partial charge in [-0.3, -0.25) is 4.79 Å². The molecule has 3 aromatic rings. The highest BCUT2D eigenvalue weighted by molar-refractivity contribution is 7.89. The zero-order chi connectivity index (χ0) is 23.6. The Labute approximate surface area is 195 Å². The van der Waals surface area contributed by atoms with Crippen LogP contribution < -0.4 is 10.2 Å². The van der Waals surface area contributed by atoms with E-state index in [9.17, 15) is 22.0 Å². The Hall–Kier alpha value is -3.01. The number of benzene rings is 3. The molecule has 0 saturated carbocycles. The second kappa shape index (κ2) is 9.46. The van der Waals surface area contributed by atoms with E-state index in [0.29, 0.717) is 13.1 Å². The molecule has 0 aromatic heterocycles. The number of anilines is 2. The number of amides is 1. The lowest BCUT2D eigenvalue weighted by atomic mass is 10.2. The maximum Gasteiger partial charge on any atom is 0.255 e. The number of nitrogens with one attached hydrogen (secondary N) is 1. The molecule has 0 unspecified atom stereocenters. The topological polar surface area (TPSA) is 69.7 Å². The third-order valence-electron chi connectivity index (χ3n) is 5.36. The van der Waals surface area contributed by atoms with Gasteiger partial charge in [0, 0.05) is 37.4 Å². The zero-order valence-corrected chi connectivity index (χ0v) is 18.9. The standard InChI is InChI=1S/C23H20ClF2N3O3S/c24-20-5-2-6-21(22(20)26)27-23(30)16-3-1-4-19(15-16)33(31,32)29-13-11-28(12-14-29)18-9-7-17(25)8-10-18/h1-10,15H,11-14H2,(H,27,30). The highest BCUT2D eigenvalue weighted by Gasteiger charge is 2.29. The van der Waals surface area contributed by atoms with Gasteiger partial charge in [0.05, 0.1) is 15.6 Å². The number of piperazine rings is 1. The number of sulfonamides is 1. The van der Waals surface area contributed by atoms with E-state index < -0.39 is 21.7 Å². The van der Waals surface area contributed by atoms with Crippen molar-refractivity contribution >= 4 is 38.9 Å². The van der Waals surface area contributed by atoms with Gasteiger partial charge in [-0.25, -0.2) is 17.2 Å². The summed E-state index contributed by atoms with van der Waals surface area (Å²) in [6, 6.07) is 15.8. The zero-order valence-electron chi connectivity index (χ0n) is 17.3. The normalized spacial score (nSPS) is 14.8. The third kappa shape index (κ3) is 5.00. The van der Waals surface area contributed by atoms with Gasteiger partial charge in [0.15, 0.2) is 5.82 Å². The Bertz CT molecular complexity index is 1280. The molecule has 1 aliphatic rings. The van der Waals surface area contributed by atoms with Gasteiger partial charge in [-0.1, -0.05) is 23.7 Å². The smallest absolute Gasteiger partial charge is 0.255 e. The van der Waals surface area contributed by atoms with Crippen LogP contribution >= 0.6 is 11.6 Å². The average molecular weight is 492 g/mol. The van der Waals surface area contributed by atoms with Crippen LogP contribution in [0.25, 0.3) is 0 Å². The van der Waals surface area contributed by atoms with Gasteiger partial charge in [0.1, 0.15) is 5.82 Å². The number of nitrogens with zero attached hydrogens (tertiary/aromatic N) is 2. The van der Waals surface area contributed by atoms with Gasteiger partial charge < -0.3 is 10.2 Å². The SMILES string of the molecule is O=C(Nc1cccc(Cl)c1F)c1cccc(S(=O)(=O)N2CCN(c3ccc(F)cc3)CC2)c1. The molecular formula is C23H20ClF2N3O3S. The number of halogens is 3. The summed E-state index contributed by atoms with van der Waals surface area (Å²) in [6.45, 7) is 1.37. The van der Waals surface area contributed by atoms with Crippen molar-refractivity contribution in [2.75, 3.05) is 36.4 Å². The quantitative estimate of drug-likeness (QED) is 0.575. The minimum Gasteiger partial charge on any atom is -0.369 e. The van der Waals surface area contributed by atoms with Crippen LogP contribution in [-0.2, 0) is 10.0 Å². The van der Waals surface area contributed by atoms with Crippen molar-refractivity contribution in [1.29, 1.82) is 0 Å². The predicted molar refractivity (Wildman–Crippen MR) is 123 cm³/mol. The molecule has 10 heteroatoms. The van der Waals surface area contributed by atoms with E-state index in [1.807, 2.05) is 4.90 Å².